The first-order valence-corrected chi connectivity index (χ1v) is 10.1. The largest absolute Gasteiger partial charge is 0.411 e. The molecular weight excluding hydrogens is 417 g/mol. The van der Waals surface area contributed by atoms with Crippen molar-refractivity contribution < 1.29 is 22.7 Å². The second kappa shape index (κ2) is 10.1. The maximum atomic E-state index is 12.5. The second-order valence-corrected chi connectivity index (χ2v) is 7.44. The Morgan fingerprint density at radius 2 is 1.71 bits per heavy atom. The Labute approximate surface area is 176 Å². The molecule has 11 heteroatoms. The van der Waals surface area contributed by atoms with Crippen molar-refractivity contribution in [2.75, 3.05) is 45.9 Å². The molecule has 0 unspecified atom stereocenters. The molecule has 1 aliphatic heterocycles. The van der Waals surface area contributed by atoms with Gasteiger partial charge in [0.2, 0.25) is 5.91 Å². The van der Waals surface area contributed by atoms with Crippen molar-refractivity contribution in [3.05, 3.63) is 45.0 Å². The van der Waals surface area contributed by atoms with E-state index >= 15 is 0 Å². The number of carbonyl (C=O) groups is 1. The van der Waals surface area contributed by atoms with Crippen LogP contribution < -0.4 is 11.1 Å². The predicted molar refractivity (Wildman–Crippen MR) is 108 cm³/mol. The zero-order valence-electron chi connectivity index (χ0n) is 17.0. The molecule has 0 atom stereocenters. The van der Waals surface area contributed by atoms with E-state index in [9.17, 15) is 27.6 Å². The van der Waals surface area contributed by atoms with Gasteiger partial charge in [0.15, 0.2) is 0 Å². The van der Waals surface area contributed by atoms with E-state index in [-0.39, 0.29) is 36.6 Å². The van der Waals surface area contributed by atoms with Crippen LogP contribution in [-0.2, 0) is 16.1 Å². The number of rotatable bonds is 8. The first kappa shape index (κ1) is 23.0. The first-order valence-electron chi connectivity index (χ1n) is 10.1. The van der Waals surface area contributed by atoms with E-state index < -0.39 is 12.8 Å². The summed E-state index contributed by atoms with van der Waals surface area (Å²) < 4.78 is 41.9. The van der Waals surface area contributed by atoms with Gasteiger partial charge in [-0.25, -0.2) is 4.68 Å². The lowest BCUT2D eigenvalue weighted by atomic mass is 10.2. The van der Waals surface area contributed by atoms with Gasteiger partial charge in [0.1, 0.15) is 6.61 Å². The number of aromatic nitrogens is 2. The van der Waals surface area contributed by atoms with Crippen LogP contribution in [0.3, 0.4) is 0 Å². The zero-order chi connectivity index (χ0) is 22.4. The first-order chi connectivity index (χ1) is 14.7. The van der Waals surface area contributed by atoms with Crippen LogP contribution in [0.15, 0.2) is 33.9 Å². The van der Waals surface area contributed by atoms with Gasteiger partial charge in [0.25, 0.3) is 11.1 Å². The van der Waals surface area contributed by atoms with Crippen molar-refractivity contribution in [2.24, 2.45) is 0 Å². The molecule has 0 bridgehead atoms. The topological polar surface area (TPSA) is 87.6 Å². The number of fused-ring (bicyclic) bond motifs is 1. The summed E-state index contributed by atoms with van der Waals surface area (Å²) in [4.78, 5) is 40.9. The SMILES string of the molecule is O=C(CCn1[nH]c(=O)c2ccccc2c1=O)N1CCN(CCCOCC(F)(F)F)CC1. The number of ether oxygens (including phenoxy) is 1. The van der Waals surface area contributed by atoms with Gasteiger partial charge in [-0.3, -0.25) is 24.4 Å². The molecule has 2 heterocycles. The maximum absolute atomic E-state index is 12.5. The molecule has 31 heavy (non-hydrogen) atoms. The fourth-order valence-electron chi connectivity index (χ4n) is 3.57. The molecule has 1 aromatic heterocycles. The lowest BCUT2D eigenvalue weighted by Crippen LogP contribution is -2.49. The van der Waals surface area contributed by atoms with Gasteiger partial charge in [-0.1, -0.05) is 12.1 Å². The third kappa shape index (κ3) is 6.41. The zero-order valence-corrected chi connectivity index (χ0v) is 17.0. The van der Waals surface area contributed by atoms with Gasteiger partial charge in [0, 0.05) is 45.8 Å². The summed E-state index contributed by atoms with van der Waals surface area (Å²) in [5.74, 6) is -0.117. The number of hydrogen-bond acceptors (Lipinski definition) is 5. The Balaban J connectivity index is 1.43. The van der Waals surface area contributed by atoms with Gasteiger partial charge in [-0.2, -0.15) is 13.2 Å². The molecule has 0 aliphatic carbocycles. The molecule has 0 saturated carbocycles. The van der Waals surface area contributed by atoms with Crippen molar-refractivity contribution >= 4 is 16.7 Å². The van der Waals surface area contributed by atoms with Crippen molar-refractivity contribution in [1.82, 2.24) is 19.6 Å². The lowest BCUT2D eigenvalue weighted by molar-refractivity contribution is -0.174. The minimum Gasteiger partial charge on any atom is -0.372 e. The predicted octanol–water partition coefficient (Wildman–Crippen LogP) is 1.19. The average molecular weight is 442 g/mol. The van der Waals surface area contributed by atoms with Crippen molar-refractivity contribution in [3.8, 4) is 0 Å². The quantitative estimate of drug-likeness (QED) is 0.621. The van der Waals surface area contributed by atoms with Gasteiger partial charge in [-0.15, -0.1) is 0 Å². The number of hydrogen-bond donors (Lipinski definition) is 1. The molecule has 0 radical (unpaired) electrons. The summed E-state index contributed by atoms with van der Waals surface area (Å²) in [5, 5.41) is 3.14. The molecule has 1 fully saturated rings. The summed E-state index contributed by atoms with van der Waals surface area (Å²) >= 11 is 0. The smallest absolute Gasteiger partial charge is 0.372 e. The molecule has 8 nitrogen and oxygen atoms in total. The van der Waals surface area contributed by atoms with E-state index in [1.807, 2.05) is 0 Å². The van der Waals surface area contributed by atoms with Crippen LogP contribution in [0.1, 0.15) is 12.8 Å². The highest BCUT2D eigenvalue weighted by Gasteiger charge is 2.27. The molecular formula is C20H25F3N4O4. The number of alkyl halides is 3. The van der Waals surface area contributed by atoms with Crippen LogP contribution in [-0.4, -0.2) is 77.6 Å². The highest BCUT2D eigenvalue weighted by Crippen LogP contribution is 2.14. The highest BCUT2D eigenvalue weighted by atomic mass is 19.4. The Bertz CT molecular complexity index is 1010. The maximum Gasteiger partial charge on any atom is 0.411 e. The molecule has 1 N–H and O–H groups in total. The molecule has 1 saturated heterocycles. The molecule has 2 aromatic rings. The second-order valence-electron chi connectivity index (χ2n) is 7.44. The number of nitrogens with zero attached hydrogens (tertiary/aromatic N) is 3. The Hall–Kier alpha value is -2.66. The third-order valence-corrected chi connectivity index (χ3v) is 5.19. The molecule has 170 valence electrons. The van der Waals surface area contributed by atoms with E-state index in [4.69, 9.17) is 0 Å². The molecule has 1 amide bonds. The number of aryl methyl sites for hydroxylation is 1. The Kier molecular flexibility index (Phi) is 7.50. The van der Waals surface area contributed by atoms with Gasteiger partial charge < -0.3 is 9.64 Å². The number of benzene rings is 1. The summed E-state index contributed by atoms with van der Waals surface area (Å²) in [6.07, 6.45) is -3.74. The van der Waals surface area contributed by atoms with Crippen LogP contribution in [0.4, 0.5) is 13.2 Å². The van der Waals surface area contributed by atoms with E-state index in [0.29, 0.717) is 49.9 Å². The van der Waals surface area contributed by atoms with Crippen LogP contribution in [0.5, 0.6) is 0 Å². The van der Waals surface area contributed by atoms with Gasteiger partial charge in [0.05, 0.1) is 17.3 Å². The van der Waals surface area contributed by atoms with Gasteiger partial charge >= 0.3 is 6.18 Å². The molecule has 1 aliphatic rings. The van der Waals surface area contributed by atoms with E-state index in [1.54, 1.807) is 29.2 Å². The number of aromatic amines is 1. The molecule has 3 rings (SSSR count). The van der Waals surface area contributed by atoms with Crippen LogP contribution in [0, 0.1) is 0 Å². The Morgan fingerprint density at radius 3 is 2.39 bits per heavy atom. The summed E-state index contributed by atoms with van der Waals surface area (Å²) in [7, 11) is 0. The summed E-state index contributed by atoms with van der Waals surface area (Å²) in [5.41, 5.74) is -0.726. The normalized spacial score (nSPS) is 15.5. The summed E-state index contributed by atoms with van der Waals surface area (Å²) in [6.45, 7) is 1.74. The number of nitrogens with one attached hydrogen (secondary N) is 1. The fourth-order valence-corrected chi connectivity index (χ4v) is 3.57. The molecule has 0 spiro atoms. The minimum atomic E-state index is -4.31. The van der Waals surface area contributed by atoms with Crippen LogP contribution >= 0.6 is 0 Å². The number of carbonyl (C=O) groups excluding carboxylic acids is 1. The third-order valence-electron chi connectivity index (χ3n) is 5.19. The van der Waals surface area contributed by atoms with E-state index in [2.05, 4.69) is 14.7 Å². The number of amides is 1. The molecule has 1 aromatic carbocycles. The monoisotopic (exact) mass is 442 g/mol. The van der Waals surface area contributed by atoms with Gasteiger partial charge in [-0.05, 0) is 18.6 Å². The van der Waals surface area contributed by atoms with Crippen molar-refractivity contribution in [2.45, 2.75) is 25.6 Å². The average Bonchev–Trinajstić information content (AvgIpc) is 2.74. The van der Waals surface area contributed by atoms with Crippen LogP contribution in [0.2, 0.25) is 0 Å². The number of piperazine rings is 1. The number of H-pyrrole nitrogens is 1. The van der Waals surface area contributed by atoms with E-state index in [0.717, 1.165) is 0 Å². The van der Waals surface area contributed by atoms with Crippen molar-refractivity contribution in [1.29, 1.82) is 0 Å². The van der Waals surface area contributed by atoms with Crippen LogP contribution in [0.25, 0.3) is 10.8 Å². The lowest BCUT2D eigenvalue weighted by Gasteiger charge is -2.34. The van der Waals surface area contributed by atoms with Crippen molar-refractivity contribution in [3.63, 3.8) is 0 Å². The number of halogens is 3. The van der Waals surface area contributed by atoms with E-state index in [1.165, 1.54) is 4.68 Å². The highest BCUT2D eigenvalue weighted by molar-refractivity contribution is 5.80. The Morgan fingerprint density at radius 1 is 1.03 bits per heavy atom. The standard InChI is InChI=1S/C20H25F3N4O4/c21-20(22,23)14-31-13-3-7-25-9-11-26(12-10-25)17(28)6-8-27-19(30)16-5-2-1-4-15(16)18(29)24-27/h1-2,4-5H,3,6-14H2,(H,24,29). The minimum absolute atomic E-state index is 0.0391. The fraction of sp³-hybridized carbons (Fsp3) is 0.550. The summed E-state index contributed by atoms with van der Waals surface area (Å²) in [6, 6.07) is 6.52.